The first-order valence-corrected chi connectivity index (χ1v) is 18.5. The summed E-state index contributed by atoms with van der Waals surface area (Å²) in [4.78, 5) is 13.0. The zero-order chi connectivity index (χ0) is 17.7. The van der Waals surface area contributed by atoms with E-state index >= 15 is 0 Å². The Morgan fingerprint density at radius 1 is 0.741 bits per heavy atom. The number of hydrogen-bond donors (Lipinski definition) is 1. The summed E-state index contributed by atoms with van der Waals surface area (Å²) in [5.41, 5.74) is 6.12. The van der Waals surface area contributed by atoms with Crippen LogP contribution in [0.25, 0.3) is 0 Å². The van der Waals surface area contributed by atoms with Crippen LogP contribution in [0.4, 0.5) is 0 Å². The molecule has 0 amide bonds. The van der Waals surface area contributed by atoms with Crippen molar-refractivity contribution in [3.05, 3.63) is 0 Å². The van der Waals surface area contributed by atoms with Gasteiger partial charge in [0, 0.05) is 0 Å². The molecule has 5 atom stereocenters. The Morgan fingerprint density at radius 3 is 1.56 bits per heavy atom. The van der Waals surface area contributed by atoms with Crippen LogP contribution >= 0.6 is 0 Å². The molecular weight excluding hydrogens is 438 g/mol. The standard InChI is InChI=1S/C19H34N.C5H5.BrH.Fe/c1-5-6-7-8-9-10-13-16-18(2,3)19(4,20)17-14-11-12-15-17;1-2-4-5-3-1;;/h11-12,14-15H,5-10,13,16,20H2,1-4H3;1-5H;1H;. The van der Waals surface area contributed by atoms with Crippen molar-refractivity contribution in [1.29, 1.82) is 0 Å². The fraction of sp³-hybridized carbons (Fsp3) is 1.00. The SMILES string of the molecule is CCCCCCCCCC(C)(C)C(C)([NH3+])[C]12[CH]3[CH]4[CH]5[CH]1[Fe]45321678[CH]2[CH]1[CH]6[CH]7[CH]28.[Br-]. The fourth-order valence-electron chi connectivity index (χ4n) is 20.1. The van der Waals surface area contributed by atoms with E-state index in [1.807, 2.05) is 0 Å². The monoisotopic (exact) mass is 477 g/mol. The van der Waals surface area contributed by atoms with E-state index in [1.165, 1.54) is 94.7 Å². The van der Waals surface area contributed by atoms with Gasteiger partial charge in [-0.05, 0) is 0 Å². The van der Waals surface area contributed by atoms with Gasteiger partial charge in [-0.15, -0.1) is 0 Å². The van der Waals surface area contributed by atoms with Gasteiger partial charge < -0.3 is 17.0 Å². The second-order valence-electron chi connectivity index (χ2n) is 15.8. The van der Waals surface area contributed by atoms with Crippen LogP contribution in [0.1, 0.15) is 79.1 Å². The smallest absolute Gasteiger partial charge is 1.00 e. The molecule has 5 unspecified atom stereocenters. The average Bonchev–Trinajstić information content (AvgIpc) is 3.53. The molecule has 0 saturated carbocycles. The molecule has 10 heterocycles. The van der Waals surface area contributed by atoms with Crippen LogP contribution in [-0.4, -0.2) is 5.54 Å². The molecule has 1 nitrogen and oxygen atoms in total. The summed E-state index contributed by atoms with van der Waals surface area (Å²) in [6, 6.07) is 0. The van der Waals surface area contributed by atoms with E-state index in [1.54, 1.807) is 0 Å². The van der Waals surface area contributed by atoms with E-state index in [-0.39, 0.29) is 17.0 Å². The summed E-state index contributed by atoms with van der Waals surface area (Å²) < 4.78 is 0.955. The molecule has 3 heteroatoms. The normalized spacial score (nSPS) is 82.2. The van der Waals surface area contributed by atoms with Crippen molar-refractivity contribution >= 4 is 0 Å². The van der Waals surface area contributed by atoms with Crippen molar-refractivity contribution in [2.45, 2.75) is 132 Å². The number of hydrogen-bond acceptors (Lipinski definition) is 0. The first-order valence-electron chi connectivity index (χ1n) is 12.2. The van der Waals surface area contributed by atoms with Crippen molar-refractivity contribution in [2.24, 2.45) is 5.41 Å². The Kier molecular flexibility index (Phi) is 1.08. The van der Waals surface area contributed by atoms with Gasteiger partial charge in [0.2, 0.25) is 0 Å². The van der Waals surface area contributed by atoms with Gasteiger partial charge in [-0.2, -0.15) is 0 Å². The molecule has 10 fully saturated rings. The molecule has 0 aliphatic carbocycles. The van der Waals surface area contributed by atoms with E-state index < -0.39 is 6.51 Å². The topological polar surface area (TPSA) is 27.6 Å². The van der Waals surface area contributed by atoms with Crippen LogP contribution in [0, 0.1) is 5.41 Å². The van der Waals surface area contributed by atoms with E-state index in [9.17, 15) is 0 Å². The van der Waals surface area contributed by atoms with Gasteiger partial charge in [-0.25, -0.2) is 0 Å². The maximum absolute atomic E-state index is 5.21. The van der Waals surface area contributed by atoms with Gasteiger partial charge in [0.1, 0.15) is 0 Å². The van der Waals surface area contributed by atoms with Gasteiger partial charge in [-0.1, -0.05) is 0 Å². The zero-order valence-corrected chi connectivity index (χ0v) is 20.5. The first-order chi connectivity index (χ1) is 12.1. The quantitative estimate of drug-likeness (QED) is 0.364. The van der Waals surface area contributed by atoms with Crippen LogP contribution in [0.15, 0.2) is 0 Å². The Labute approximate surface area is 166 Å². The van der Waals surface area contributed by atoms with Crippen LogP contribution in [0.2, 0.25) is 47.7 Å². The Bertz CT molecular complexity index is 1070. The first kappa shape index (κ1) is 15.7. The molecule has 27 heavy (non-hydrogen) atoms. The van der Waals surface area contributed by atoms with Crippen molar-refractivity contribution in [2.75, 3.05) is 0 Å². The molecule has 0 radical (unpaired) electrons. The summed E-state index contributed by atoms with van der Waals surface area (Å²) in [7, 11) is 0. The minimum absolute atomic E-state index is 0. The molecule has 0 aromatic heterocycles. The van der Waals surface area contributed by atoms with Gasteiger partial charge in [-0.3, -0.25) is 0 Å². The third-order valence-electron chi connectivity index (χ3n) is 19.4. The van der Waals surface area contributed by atoms with E-state index in [0.717, 1.165) is 4.31 Å². The largest absolute Gasteiger partial charge is 1.00 e. The van der Waals surface area contributed by atoms with Crippen molar-refractivity contribution in [1.82, 2.24) is 0 Å². The maximum Gasteiger partial charge on any atom is -1.00 e. The van der Waals surface area contributed by atoms with Gasteiger partial charge in [0.25, 0.3) is 0 Å². The minimum atomic E-state index is -3.02. The number of rotatable bonds is 10. The maximum atomic E-state index is 5.21. The number of quaternary nitrogens is 1. The van der Waals surface area contributed by atoms with Crippen LogP contribution in [-0.2, 0) is 6.51 Å². The molecule has 0 bridgehead atoms. The molecule has 10 aliphatic heterocycles. The summed E-state index contributed by atoms with van der Waals surface area (Å²) in [6.07, 6.45) is 11.6. The van der Waals surface area contributed by atoms with E-state index in [4.69, 9.17) is 5.73 Å². The molecule has 10 saturated heterocycles. The summed E-state index contributed by atoms with van der Waals surface area (Å²) >= 11 is 0. The second kappa shape index (κ2) is 1.86. The Hall–Kier alpha value is 0.959. The molecule has 0 aromatic rings. The molecule has 10 aliphatic rings. The van der Waals surface area contributed by atoms with Gasteiger partial charge >= 0.3 is 150 Å². The van der Waals surface area contributed by atoms with Gasteiger partial charge in [0.15, 0.2) is 0 Å². The molecular formula is C24H40BrFeN. The Balaban J connectivity index is 0.00000122. The van der Waals surface area contributed by atoms with Crippen molar-refractivity contribution in [3.8, 4) is 0 Å². The minimum Gasteiger partial charge on any atom is -1.00 e. The summed E-state index contributed by atoms with van der Waals surface area (Å²) in [6.45, 7) is 7.34. The number of unbranched alkanes of at least 4 members (excludes halogenated alkanes) is 6. The van der Waals surface area contributed by atoms with E-state index in [2.05, 4.69) is 27.7 Å². The Morgan fingerprint density at radius 2 is 1.19 bits per heavy atom. The number of fused-ring (bicyclic) bond motifs is 10. The third kappa shape index (κ3) is 0.287. The van der Waals surface area contributed by atoms with E-state index in [0.29, 0.717) is 11.0 Å². The molecule has 3 N–H and O–H groups in total. The molecule has 10 rings (SSSR count). The zero-order valence-electron chi connectivity index (χ0n) is 17.8. The van der Waals surface area contributed by atoms with Crippen LogP contribution in [0.3, 0.4) is 0 Å². The average molecular weight is 478 g/mol. The van der Waals surface area contributed by atoms with Crippen LogP contribution in [0.5, 0.6) is 0 Å². The summed E-state index contributed by atoms with van der Waals surface area (Å²) in [5, 5.41) is 0. The van der Waals surface area contributed by atoms with Crippen molar-refractivity contribution in [3.63, 3.8) is 0 Å². The second-order valence-corrected chi connectivity index (χ2v) is 39.3. The summed E-state index contributed by atoms with van der Waals surface area (Å²) in [5.74, 6) is 0. The molecule has 1 spiro atoms. The van der Waals surface area contributed by atoms with Gasteiger partial charge in [0.05, 0.1) is 0 Å². The molecule has 0 aromatic carbocycles. The van der Waals surface area contributed by atoms with Crippen molar-refractivity contribution < 1.29 is 29.2 Å². The predicted octanol–water partition coefficient (Wildman–Crippen LogP) is 3.92. The molecule has 156 valence electrons. The third-order valence-corrected chi connectivity index (χ3v) is 62.1. The predicted molar refractivity (Wildman–Crippen MR) is 104 cm³/mol. The number of halogens is 1. The fourth-order valence-corrected chi connectivity index (χ4v) is 96.3. The van der Waals surface area contributed by atoms with Crippen LogP contribution < -0.4 is 22.7 Å².